The number of piperidine rings is 1. The summed E-state index contributed by atoms with van der Waals surface area (Å²) in [6.07, 6.45) is 3.91. The first-order valence-corrected chi connectivity index (χ1v) is 9.47. The van der Waals surface area contributed by atoms with E-state index >= 15 is 0 Å². The number of rotatable bonds is 6. The molecule has 0 unspecified atom stereocenters. The number of hydrogen-bond donors (Lipinski definition) is 2. The number of likely N-dealkylation sites (tertiary alicyclic amines) is 1. The van der Waals surface area contributed by atoms with Gasteiger partial charge in [-0.15, -0.1) is 5.10 Å². The molecule has 3 rings (SSSR count). The van der Waals surface area contributed by atoms with Gasteiger partial charge in [0, 0.05) is 30.4 Å². The highest BCUT2D eigenvalue weighted by Gasteiger charge is 2.31. The number of carbonyl (C=O) groups is 2. The Bertz CT molecular complexity index is 785. The standard InChI is InChI=1S/C20H26N4O3/c1-3-6-19(25)24-12-5-4-7-17(24)20(26)21-15-8-10-16(11-9-15)27-18-13-14(2)22-23-18/h8-11,13,17H,3-7,12H2,1-2H3,(H,21,26)(H,22,23)/t17-/m1/s1. The van der Waals surface area contributed by atoms with Crippen LogP contribution in [0.3, 0.4) is 0 Å². The molecule has 144 valence electrons. The number of anilines is 1. The third-order valence-electron chi connectivity index (χ3n) is 4.62. The molecule has 0 aliphatic carbocycles. The predicted molar refractivity (Wildman–Crippen MR) is 103 cm³/mol. The second kappa shape index (κ2) is 8.70. The number of aromatic nitrogens is 2. The van der Waals surface area contributed by atoms with Crippen LogP contribution in [0.4, 0.5) is 5.69 Å². The van der Waals surface area contributed by atoms with Gasteiger partial charge in [0.1, 0.15) is 11.8 Å². The SMILES string of the molecule is CCCC(=O)N1CCCC[C@@H]1C(=O)Nc1ccc(Oc2cc(C)[nH]n2)cc1. The third kappa shape index (κ3) is 4.87. The molecule has 2 aromatic rings. The molecule has 0 spiro atoms. The van der Waals surface area contributed by atoms with Gasteiger partial charge in [-0.3, -0.25) is 14.7 Å². The first-order chi connectivity index (χ1) is 13.1. The van der Waals surface area contributed by atoms with Crippen LogP contribution in [-0.2, 0) is 9.59 Å². The lowest BCUT2D eigenvalue weighted by Gasteiger charge is -2.34. The molecule has 1 aromatic carbocycles. The molecule has 1 fully saturated rings. The lowest BCUT2D eigenvalue weighted by atomic mass is 10.0. The van der Waals surface area contributed by atoms with Crippen molar-refractivity contribution in [3.63, 3.8) is 0 Å². The molecule has 0 radical (unpaired) electrons. The lowest BCUT2D eigenvalue weighted by molar-refractivity contribution is -0.140. The Hall–Kier alpha value is -2.83. The summed E-state index contributed by atoms with van der Waals surface area (Å²) in [6, 6.07) is 8.55. The van der Waals surface area contributed by atoms with Crippen molar-refractivity contribution < 1.29 is 14.3 Å². The van der Waals surface area contributed by atoms with E-state index in [1.54, 1.807) is 35.2 Å². The van der Waals surface area contributed by atoms with Gasteiger partial charge in [-0.2, -0.15) is 0 Å². The van der Waals surface area contributed by atoms with E-state index < -0.39 is 0 Å². The zero-order chi connectivity index (χ0) is 19.2. The molecule has 0 saturated carbocycles. The Balaban J connectivity index is 1.61. The molecule has 1 aromatic heterocycles. The van der Waals surface area contributed by atoms with E-state index in [1.165, 1.54) is 0 Å². The second-order valence-corrected chi connectivity index (χ2v) is 6.85. The number of benzene rings is 1. The number of H-pyrrole nitrogens is 1. The number of carbonyl (C=O) groups excluding carboxylic acids is 2. The normalized spacial score (nSPS) is 16.8. The minimum atomic E-state index is -0.388. The highest BCUT2D eigenvalue weighted by atomic mass is 16.5. The van der Waals surface area contributed by atoms with Crippen molar-refractivity contribution in [1.29, 1.82) is 0 Å². The van der Waals surface area contributed by atoms with Crippen LogP contribution in [-0.4, -0.2) is 39.5 Å². The summed E-state index contributed by atoms with van der Waals surface area (Å²) >= 11 is 0. The number of aromatic amines is 1. The average Bonchev–Trinajstić information content (AvgIpc) is 3.08. The molecule has 7 heteroatoms. The highest BCUT2D eigenvalue weighted by molar-refractivity contribution is 5.97. The summed E-state index contributed by atoms with van der Waals surface area (Å²) in [4.78, 5) is 26.8. The van der Waals surface area contributed by atoms with Gasteiger partial charge in [0.05, 0.1) is 0 Å². The first kappa shape index (κ1) is 18.9. The topological polar surface area (TPSA) is 87.3 Å². The summed E-state index contributed by atoms with van der Waals surface area (Å²) in [5.74, 6) is 1.07. The van der Waals surface area contributed by atoms with Gasteiger partial charge in [-0.05, 0) is 56.9 Å². The quantitative estimate of drug-likeness (QED) is 0.813. The van der Waals surface area contributed by atoms with Crippen molar-refractivity contribution in [2.45, 2.75) is 52.0 Å². The van der Waals surface area contributed by atoms with Crippen LogP contribution in [0.25, 0.3) is 0 Å². The van der Waals surface area contributed by atoms with Crippen LogP contribution in [0.2, 0.25) is 0 Å². The van der Waals surface area contributed by atoms with Gasteiger partial charge in [0.25, 0.3) is 0 Å². The fourth-order valence-electron chi connectivity index (χ4n) is 3.26. The molecule has 2 amide bonds. The maximum atomic E-state index is 12.7. The molecule has 1 aliphatic rings. The maximum absolute atomic E-state index is 12.7. The summed E-state index contributed by atoms with van der Waals surface area (Å²) in [6.45, 7) is 4.54. The van der Waals surface area contributed by atoms with Crippen molar-refractivity contribution >= 4 is 17.5 Å². The molecular formula is C20H26N4O3. The van der Waals surface area contributed by atoms with Gasteiger partial charge in [0.15, 0.2) is 0 Å². The Morgan fingerprint density at radius 1 is 1.30 bits per heavy atom. The van der Waals surface area contributed by atoms with Crippen molar-refractivity contribution in [3.8, 4) is 11.6 Å². The van der Waals surface area contributed by atoms with Crippen LogP contribution >= 0.6 is 0 Å². The van der Waals surface area contributed by atoms with E-state index in [4.69, 9.17) is 4.74 Å². The molecule has 27 heavy (non-hydrogen) atoms. The minimum Gasteiger partial charge on any atom is -0.438 e. The number of amides is 2. The average molecular weight is 370 g/mol. The molecule has 7 nitrogen and oxygen atoms in total. The molecule has 1 atom stereocenters. The van der Waals surface area contributed by atoms with Gasteiger partial charge in [0.2, 0.25) is 17.7 Å². The maximum Gasteiger partial charge on any atom is 0.247 e. The van der Waals surface area contributed by atoms with E-state index in [9.17, 15) is 9.59 Å². The largest absolute Gasteiger partial charge is 0.438 e. The fourth-order valence-corrected chi connectivity index (χ4v) is 3.26. The fraction of sp³-hybridized carbons (Fsp3) is 0.450. The Morgan fingerprint density at radius 3 is 2.74 bits per heavy atom. The van der Waals surface area contributed by atoms with E-state index in [0.29, 0.717) is 36.7 Å². The summed E-state index contributed by atoms with van der Waals surface area (Å²) in [5, 5.41) is 9.77. The lowest BCUT2D eigenvalue weighted by Crippen LogP contribution is -2.49. The predicted octanol–water partition coefficient (Wildman–Crippen LogP) is 3.63. The van der Waals surface area contributed by atoms with E-state index in [2.05, 4.69) is 15.5 Å². The minimum absolute atomic E-state index is 0.0652. The van der Waals surface area contributed by atoms with Crippen molar-refractivity contribution in [1.82, 2.24) is 15.1 Å². The van der Waals surface area contributed by atoms with E-state index in [-0.39, 0.29) is 17.9 Å². The Kier molecular flexibility index (Phi) is 6.11. The number of ether oxygens (including phenoxy) is 1. The smallest absolute Gasteiger partial charge is 0.247 e. The van der Waals surface area contributed by atoms with Crippen LogP contribution in [0, 0.1) is 6.92 Å². The van der Waals surface area contributed by atoms with Crippen LogP contribution in [0.1, 0.15) is 44.7 Å². The van der Waals surface area contributed by atoms with Gasteiger partial charge in [-0.25, -0.2) is 0 Å². The molecule has 1 saturated heterocycles. The van der Waals surface area contributed by atoms with Gasteiger partial charge in [-0.1, -0.05) is 6.92 Å². The summed E-state index contributed by atoms with van der Waals surface area (Å²) in [7, 11) is 0. The number of nitrogens with zero attached hydrogens (tertiary/aromatic N) is 2. The first-order valence-electron chi connectivity index (χ1n) is 9.47. The molecule has 2 N–H and O–H groups in total. The van der Waals surface area contributed by atoms with E-state index in [1.807, 2.05) is 13.8 Å². The third-order valence-corrected chi connectivity index (χ3v) is 4.62. The number of nitrogens with one attached hydrogen (secondary N) is 2. The Labute approximate surface area is 159 Å². The monoisotopic (exact) mass is 370 g/mol. The molecule has 0 bridgehead atoms. The number of hydrogen-bond acceptors (Lipinski definition) is 4. The van der Waals surface area contributed by atoms with Crippen LogP contribution in [0.15, 0.2) is 30.3 Å². The van der Waals surface area contributed by atoms with Crippen LogP contribution in [0.5, 0.6) is 11.6 Å². The highest BCUT2D eigenvalue weighted by Crippen LogP contribution is 2.23. The van der Waals surface area contributed by atoms with Crippen molar-refractivity contribution in [3.05, 3.63) is 36.0 Å². The second-order valence-electron chi connectivity index (χ2n) is 6.85. The molecule has 1 aliphatic heterocycles. The molecule has 2 heterocycles. The zero-order valence-electron chi connectivity index (χ0n) is 15.8. The number of aryl methyl sites for hydroxylation is 1. The summed E-state index contributed by atoms with van der Waals surface area (Å²) in [5.41, 5.74) is 1.60. The van der Waals surface area contributed by atoms with Gasteiger partial charge < -0.3 is 15.0 Å². The van der Waals surface area contributed by atoms with Crippen molar-refractivity contribution in [2.24, 2.45) is 0 Å². The Morgan fingerprint density at radius 2 is 2.07 bits per heavy atom. The van der Waals surface area contributed by atoms with E-state index in [0.717, 1.165) is 25.0 Å². The van der Waals surface area contributed by atoms with Gasteiger partial charge >= 0.3 is 0 Å². The van der Waals surface area contributed by atoms with Crippen LogP contribution < -0.4 is 10.1 Å². The summed E-state index contributed by atoms with van der Waals surface area (Å²) < 4.78 is 5.64. The van der Waals surface area contributed by atoms with Crippen molar-refractivity contribution in [2.75, 3.05) is 11.9 Å². The zero-order valence-corrected chi connectivity index (χ0v) is 15.8. The molecular weight excluding hydrogens is 344 g/mol.